The van der Waals surface area contributed by atoms with E-state index in [9.17, 15) is 14.0 Å². The molecule has 0 fully saturated rings. The quantitative estimate of drug-likeness (QED) is 0.436. The third-order valence-corrected chi connectivity index (χ3v) is 3.30. The van der Waals surface area contributed by atoms with Crippen LogP contribution in [0, 0.1) is 5.92 Å². The van der Waals surface area contributed by atoms with Gasteiger partial charge in [-0.15, -0.1) is 0 Å². The molecule has 0 aliphatic rings. The fraction of sp³-hybridized carbons (Fsp3) is 0.400. The summed E-state index contributed by atoms with van der Waals surface area (Å²) in [5.41, 5.74) is 0.655. The number of amides is 2. The van der Waals surface area contributed by atoms with Crippen molar-refractivity contribution in [1.82, 2.24) is 10.6 Å². The molecule has 0 rings (SSSR count). The van der Waals surface area contributed by atoms with Crippen molar-refractivity contribution in [2.24, 2.45) is 5.92 Å². The molecule has 0 bridgehead atoms. The fourth-order valence-corrected chi connectivity index (χ4v) is 1.89. The number of rotatable bonds is 11. The van der Waals surface area contributed by atoms with E-state index in [0.29, 0.717) is 24.2 Å². The molecule has 0 saturated heterocycles. The molecule has 0 aromatic heterocycles. The van der Waals surface area contributed by atoms with Gasteiger partial charge in [-0.25, -0.2) is 4.39 Å². The summed E-state index contributed by atoms with van der Waals surface area (Å²) >= 11 is 0. The first-order chi connectivity index (χ1) is 12.3. The Kier molecular flexibility index (Phi) is 12.3. The monoisotopic (exact) mass is 364 g/mol. The van der Waals surface area contributed by atoms with Crippen molar-refractivity contribution in [3.05, 3.63) is 60.7 Å². The molecule has 0 aliphatic carbocycles. The maximum atomic E-state index is 12.3. The molecule has 2 N–H and O–H groups in total. The van der Waals surface area contributed by atoms with Gasteiger partial charge in [0.05, 0.1) is 6.33 Å². The largest absolute Gasteiger partial charge is 0.489 e. The lowest BCUT2D eigenvalue weighted by molar-refractivity contribution is -0.127. The molecule has 2 unspecified atom stereocenters. The molecular formula is C20H29FN2O3. The van der Waals surface area contributed by atoms with Crippen LogP contribution in [0.5, 0.6) is 0 Å². The standard InChI is InChI=1S/C20H29FN2O3/c1-6-8-18(11-12-21)14-26-19(7-2)10-9-15(3)13-22-20(25)16(4)23-17(5)24/h6-12,15-16H,1,13-14H2,2-5H3,(H,22,25)(H,23,24)/b10-9-,12-11+,18-8+,19-7+. The zero-order valence-electron chi connectivity index (χ0n) is 15.9. The number of ether oxygens (including phenoxy) is 1. The second-order valence-electron chi connectivity index (χ2n) is 5.75. The van der Waals surface area contributed by atoms with Crippen molar-refractivity contribution in [1.29, 1.82) is 0 Å². The number of carbonyl (C=O) groups excluding carboxylic acids is 2. The van der Waals surface area contributed by atoms with Crippen molar-refractivity contribution < 1.29 is 18.7 Å². The second kappa shape index (κ2) is 13.6. The van der Waals surface area contributed by atoms with Gasteiger partial charge in [0.15, 0.2) is 0 Å². The van der Waals surface area contributed by atoms with Crippen molar-refractivity contribution in [2.45, 2.75) is 33.7 Å². The molecule has 0 heterocycles. The molecule has 0 aliphatic heterocycles. The van der Waals surface area contributed by atoms with Gasteiger partial charge in [0, 0.05) is 13.5 Å². The Hall–Kier alpha value is -2.63. The third kappa shape index (κ3) is 11.0. The van der Waals surface area contributed by atoms with Crippen molar-refractivity contribution in [3.63, 3.8) is 0 Å². The summed E-state index contributed by atoms with van der Waals surface area (Å²) < 4.78 is 17.9. The van der Waals surface area contributed by atoms with Gasteiger partial charge in [0.1, 0.15) is 18.4 Å². The summed E-state index contributed by atoms with van der Waals surface area (Å²) in [7, 11) is 0. The van der Waals surface area contributed by atoms with Crippen molar-refractivity contribution in [2.75, 3.05) is 13.2 Å². The number of nitrogens with one attached hydrogen (secondary N) is 2. The van der Waals surface area contributed by atoms with Gasteiger partial charge in [0.25, 0.3) is 0 Å². The zero-order valence-corrected chi connectivity index (χ0v) is 15.9. The molecule has 2 atom stereocenters. The highest BCUT2D eigenvalue weighted by Crippen LogP contribution is 2.08. The highest BCUT2D eigenvalue weighted by molar-refractivity contribution is 5.86. The lowest BCUT2D eigenvalue weighted by Gasteiger charge is -2.14. The van der Waals surface area contributed by atoms with Crippen molar-refractivity contribution >= 4 is 11.8 Å². The average molecular weight is 364 g/mol. The van der Waals surface area contributed by atoms with E-state index >= 15 is 0 Å². The van der Waals surface area contributed by atoms with E-state index in [0.717, 1.165) is 0 Å². The van der Waals surface area contributed by atoms with Crippen LogP contribution in [0.25, 0.3) is 0 Å². The van der Waals surface area contributed by atoms with Gasteiger partial charge < -0.3 is 15.4 Å². The van der Waals surface area contributed by atoms with Crippen LogP contribution in [0.15, 0.2) is 60.7 Å². The van der Waals surface area contributed by atoms with E-state index in [4.69, 9.17) is 4.74 Å². The maximum absolute atomic E-state index is 12.3. The van der Waals surface area contributed by atoms with Gasteiger partial charge in [-0.1, -0.05) is 31.7 Å². The predicted octanol–water partition coefficient (Wildman–Crippen LogP) is 3.34. The minimum absolute atomic E-state index is 0.0657. The van der Waals surface area contributed by atoms with E-state index < -0.39 is 6.04 Å². The summed E-state index contributed by atoms with van der Waals surface area (Å²) in [6, 6.07) is -0.572. The second-order valence-corrected chi connectivity index (χ2v) is 5.75. The molecule has 0 saturated carbocycles. The topological polar surface area (TPSA) is 67.4 Å². The number of allylic oxidation sites excluding steroid dienone is 4. The Morgan fingerprint density at radius 2 is 1.96 bits per heavy atom. The van der Waals surface area contributed by atoms with E-state index in [1.165, 1.54) is 13.0 Å². The minimum Gasteiger partial charge on any atom is -0.489 e. The van der Waals surface area contributed by atoms with E-state index in [-0.39, 0.29) is 24.3 Å². The Morgan fingerprint density at radius 3 is 2.50 bits per heavy atom. The average Bonchev–Trinajstić information content (AvgIpc) is 2.59. The first-order valence-electron chi connectivity index (χ1n) is 8.44. The Labute approximate surface area is 155 Å². The molecule has 0 aromatic rings. The summed E-state index contributed by atoms with van der Waals surface area (Å²) in [6.07, 6.45) is 10.5. The highest BCUT2D eigenvalue weighted by atomic mass is 19.1. The number of carbonyl (C=O) groups is 2. The predicted molar refractivity (Wildman–Crippen MR) is 103 cm³/mol. The molecular weight excluding hydrogens is 335 g/mol. The van der Waals surface area contributed by atoms with E-state index in [2.05, 4.69) is 17.2 Å². The summed E-state index contributed by atoms with van der Waals surface area (Å²) in [4.78, 5) is 22.8. The molecule has 26 heavy (non-hydrogen) atoms. The van der Waals surface area contributed by atoms with Gasteiger partial charge in [-0.05, 0) is 43.6 Å². The highest BCUT2D eigenvalue weighted by Gasteiger charge is 2.13. The Bertz CT molecular complexity index is 592. The first-order valence-corrected chi connectivity index (χ1v) is 8.44. The number of hydrogen-bond donors (Lipinski definition) is 2. The van der Waals surface area contributed by atoms with Crippen LogP contribution in [0.2, 0.25) is 0 Å². The van der Waals surface area contributed by atoms with Crippen LogP contribution in [0.1, 0.15) is 27.7 Å². The molecule has 5 nitrogen and oxygen atoms in total. The zero-order chi connectivity index (χ0) is 19.9. The minimum atomic E-state index is -0.572. The number of hydrogen-bond acceptors (Lipinski definition) is 3. The van der Waals surface area contributed by atoms with Gasteiger partial charge >= 0.3 is 0 Å². The summed E-state index contributed by atoms with van der Waals surface area (Å²) in [6.45, 7) is 11.0. The van der Waals surface area contributed by atoms with Gasteiger partial charge in [-0.3, -0.25) is 9.59 Å². The molecule has 0 spiro atoms. The molecule has 144 valence electrons. The Balaban J connectivity index is 4.48. The van der Waals surface area contributed by atoms with Gasteiger partial charge in [0.2, 0.25) is 11.8 Å². The molecule has 0 radical (unpaired) electrons. The van der Waals surface area contributed by atoms with E-state index in [1.807, 2.05) is 19.9 Å². The molecule has 0 aromatic carbocycles. The molecule has 6 heteroatoms. The van der Waals surface area contributed by atoms with Crippen LogP contribution in [-0.4, -0.2) is 31.0 Å². The normalized spacial score (nSPS) is 15.0. The van der Waals surface area contributed by atoms with Crippen LogP contribution in [0.4, 0.5) is 4.39 Å². The van der Waals surface area contributed by atoms with Crippen LogP contribution >= 0.6 is 0 Å². The molecule has 2 amide bonds. The fourth-order valence-electron chi connectivity index (χ4n) is 1.89. The van der Waals surface area contributed by atoms with E-state index in [1.54, 1.807) is 31.2 Å². The van der Waals surface area contributed by atoms with Gasteiger partial charge in [-0.2, -0.15) is 0 Å². The Morgan fingerprint density at radius 1 is 1.27 bits per heavy atom. The van der Waals surface area contributed by atoms with Crippen molar-refractivity contribution in [3.8, 4) is 0 Å². The first kappa shape index (κ1) is 23.4. The summed E-state index contributed by atoms with van der Waals surface area (Å²) in [5.74, 6) is 0.219. The lowest BCUT2D eigenvalue weighted by atomic mass is 10.1. The lowest BCUT2D eigenvalue weighted by Crippen LogP contribution is -2.45. The van der Waals surface area contributed by atoms with Crippen LogP contribution in [-0.2, 0) is 14.3 Å². The third-order valence-electron chi connectivity index (χ3n) is 3.30. The maximum Gasteiger partial charge on any atom is 0.242 e. The van der Waals surface area contributed by atoms with Crippen LogP contribution in [0.3, 0.4) is 0 Å². The number of halogens is 1. The summed E-state index contributed by atoms with van der Waals surface area (Å²) in [5, 5.41) is 5.31. The SMILES string of the molecule is C=C/C=C(\C=C\F)COC(/C=C\C(C)CNC(=O)C(C)NC(C)=O)=C/C. The van der Waals surface area contributed by atoms with Crippen LogP contribution < -0.4 is 10.6 Å². The smallest absolute Gasteiger partial charge is 0.242 e.